The summed E-state index contributed by atoms with van der Waals surface area (Å²) in [6.45, 7) is 1.96. The first-order valence-electron chi connectivity index (χ1n) is 4.59. The van der Waals surface area contributed by atoms with Crippen molar-refractivity contribution in [2.75, 3.05) is 11.1 Å². The van der Waals surface area contributed by atoms with Crippen LogP contribution in [0.2, 0.25) is 0 Å². The number of amides is 1. The van der Waals surface area contributed by atoms with Crippen LogP contribution in [0.4, 0.5) is 11.4 Å². The monoisotopic (exact) mass is 334 g/mol. The van der Waals surface area contributed by atoms with Crippen LogP contribution in [-0.4, -0.2) is 5.91 Å². The molecule has 1 aromatic rings. The molecule has 82 valence electrons. The Morgan fingerprint density at radius 2 is 1.93 bits per heavy atom. The summed E-state index contributed by atoms with van der Waals surface area (Å²) in [7, 11) is 0. The van der Waals surface area contributed by atoms with Gasteiger partial charge in [-0.25, -0.2) is 0 Å². The van der Waals surface area contributed by atoms with E-state index in [1.165, 1.54) is 0 Å². The minimum absolute atomic E-state index is 0.00340. The molecule has 15 heavy (non-hydrogen) atoms. The van der Waals surface area contributed by atoms with Gasteiger partial charge in [0.2, 0.25) is 5.91 Å². The van der Waals surface area contributed by atoms with Gasteiger partial charge < -0.3 is 11.1 Å². The van der Waals surface area contributed by atoms with Gasteiger partial charge in [-0.15, -0.1) is 0 Å². The Labute approximate surface area is 106 Å². The van der Waals surface area contributed by atoms with Crippen LogP contribution < -0.4 is 11.1 Å². The molecule has 1 aromatic carbocycles. The zero-order valence-corrected chi connectivity index (χ0v) is 11.5. The van der Waals surface area contributed by atoms with E-state index in [9.17, 15) is 4.79 Å². The lowest BCUT2D eigenvalue weighted by Crippen LogP contribution is -2.11. The van der Waals surface area contributed by atoms with Gasteiger partial charge in [-0.1, -0.05) is 6.92 Å². The molecule has 0 radical (unpaired) electrons. The number of benzene rings is 1. The molecule has 3 N–H and O–H groups in total. The number of rotatable bonds is 3. The quantitative estimate of drug-likeness (QED) is 0.830. The van der Waals surface area contributed by atoms with Crippen LogP contribution in [0.5, 0.6) is 0 Å². The Morgan fingerprint density at radius 3 is 2.40 bits per heavy atom. The van der Waals surface area contributed by atoms with E-state index >= 15 is 0 Å². The molecular weight excluding hydrogens is 324 g/mol. The van der Waals surface area contributed by atoms with Crippen molar-refractivity contribution in [3.05, 3.63) is 21.1 Å². The van der Waals surface area contributed by atoms with E-state index in [2.05, 4.69) is 37.2 Å². The third kappa shape index (κ3) is 3.50. The van der Waals surface area contributed by atoms with Crippen molar-refractivity contribution in [2.45, 2.75) is 19.8 Å². The zero-order valence-electron chi connectivity index (χ0n) is 8.31. The largest absolute Gasteiger partial charge is 0.399 e. The Kier molecular flexibility index (Phi) is 4.60. The molecule has 0 saturated heterocycles. The molecule has 0 spiro atoms. The van der Waals surface area contributed by atoms with Crippen molar-refractivity contribution >= 4 is 49.1 Å². The molecule has 0 heterocycles. The number of hydrogen-bond donors (Lipinski definition) is 2. The van der Waals surface area contributed by atoms with E-state index < -0.39 is 0 Å². The predicted molar refractivity (Wildman–Crippen MR) is 69.8 cm³/mol. The number of carbonyl (C=O) groups is 1. The van der Waals surface area contributed by atoms with Crippen molar-refractivity contribution in [2.24, 2.45) is 0 Å². The van der Waals surface area contributed by atoms with E-state index in [1.54, 1.807) is 12.1 Å². The number of nitrogens with one attached hydrogen (secondary N) is 1. The van der Waals surface area contributed by atoms with E-state index in [0.29, 0.717) is 12.1 Å². The minimum atomic E-state index is 0.00340. The highest BCUT2D eigenvalue weighted by Crippen LogP contribution is 2.33. The summed E-state index contributed by atoms with van der Waals surface area (Å²) in [4.78, 5) is 11.4. The molecule has 0 saturated carbocycles. The zero-order chi connectivity index (χ0) is 11.4. The van der Waals surface area contributed by atoms with Crippen LogP contribution in [0, 0.1) is 0 Å². The number of hydrogen-bond acceptors (Lipinski definition) is 2. The van der Waals surface area contributed by atoms with E-state index in [0.717, 1.165) is 21.1 Å². The Morgan fingerprint density at radius 1 is 1.40 bits per heavy atom. The fourth-order valence-electron chi connectivity index (χ4n) is 1.14. The lowest BCUT2D eigenvalue weighted by molar-refractivity contribution is -0.116. The van der Waals surface area contributed by atoms with Crippen LogP contribution in [0.3, 0.4) is 0 Å². The van der Waals surface area contributed by atoms with Gasteiger partial charge in [-0.05, 0) is 50.4 Å². The molecule has 0 aromatic heterocycles. The first-order valence-corrected chi connectivity index (χ1v) is 6.17. The Hall–Kier alpha value is -0.550. The molecule has 0 atom stereocenters. The average molecular weight is 336 g/mol. The van der Waals surface area contributed by atoms with Gasteiger partial charge in [0.15, 0.2) is 0 Å². The number of anilines is 2. The van der Waals surface area contributed by atoms with Gasteiger partial charge >= 0.3 is 0 Å². The second-order valence-electron chi connectivity index (χ2n) is 3.16. The summed E-state index contributed by atoms with van der Waals surface area (Å²) in [5.74, 6) is 0.00340. The lowest BCUT2D eigenvalue weighted by atomic mass is 10.2. The Bertz CT molecular complexity index is 357. The minimum Gasteiger partial charge on any atom is -0.399 e. The topological polar surface area (TPSA) is 55.1 Å². The highest BCUT2D eigenvalue weighted by atomic mass is 79.9. The van der Waals surface area contributed by atoms with Crippen LogP contribution in [-0.2, 0) is 4.79 Å². The van der Waals surface area contributed by atoms with Crippen molar-refractivity contribution in [1.82, 2.24) is 0 Å². The number of nitrogens with two attached hydrogens (primary N) is 1. The summed E-state index contributed by atoms with van der Waals surface area (Å²) in [5, 5.41) is 2.82. The molecule has 0 fully saturated rings. The first kappa shape index (κ1) is 12.5. The molecule has 0 aliphatic heterocycles. The van der Waals surface area contributed by atoms with Crippen molar-refractivity contribution in [3.63, 3.8) is 0 Å². The fraction of sp³-hybridized carbons (Fsp3) is 0.300. The van der Waals surface area contributed by atoms with Crippen LogP contribution in [0.1, 0.15) is 19.8 Å². The molecule has 3 nitrogen and oxygen atoms in total. The maximum atomic E-state index is 11.4. The summed E-state index contributed by atoms with van der Waals surface area (Å²) >= 11 is 6.71. The first-order chi connectivity index (χ1) is 7.04. The van der Waals surface area contributed by atoms with E-state index in [-0.39, 0.29) is 5.91 Å². The molecule has 0 aliphatic rings. The number of nitrogen functional groups attached to an aromatic ring is 1. The number of halogens is 2. The Balaban J connectivity index is 2.90. The second kappa shape index (κ2) is 5.51. The number of carbonyl (C=O) groups excluding carboxylic acids is 1. The van der Waals surface area contributed by atoms with Gasteiger partial charge in [-0.2, -0.15) is 0 Å². The van der Waals surface area contributed by atoms with Gasteiger partial charge in [0.05, 0.1) is 5.69 Å². The standard InChI is InChI=1S/C10H12Br2N2O/c1-2-3-9(15)14-10-7(11)4-6(13)5-8(10)12/h4-5H,2-3,13H2,1H3,(H,14,15). The maximum Gasteiger partial charge on any atom is 0.224 e. The van der Waals surface area contributed by atoms with Crippen LogP contribution >= 0.6 is 31.9 Å². The molecule has 1 rings (SSSR count). The van der Waals surface area contributed by atoms with Crippen molar-refractivity contribution in [3.8, 4) is 0 Å². The molecule has 0 aliphatic carbocycles. The predicted octanol–water partition coefficient (Wildman–Crippen LogP) is 3.53. The maximum absolute atomic E-state index is 11.4. The molecule has 0 unspecified atom stereocenters. The lowest BCUT2D eigenvalue weighted by Gasteiger charge is -2.10. The molecular formula is C10H12Br2N2O. The highest BCUT2D eigenvalue weighted by molar-refractivity contribution is 9.11. The van der Waals surface area contributed by atoms with E-state index in [4.69, 9.17) is 5.73 Å². The van der Waals surface area contributed by atoms with Gasteiger partial charge in [0.1, 0.15) is 0 Å². The smallest absolute Gasteiger partial charge is 0.224 e. The average Bonchev–Trinajstić information content (AvgIpc) is 2.11. The highest BCUT2D eigenvalue weighted by Gasteiger charge is 2.09. The van der Waals surface area contributed by atoms with Gasteiger partial charge in [0.25, 0.3) is 0 Å². The van der Waals surface area contributed by atoms with Gasteiger partial charge in [0, 0.05) is 21.1 Å². The third-order valence-electron chi connectivity index (χ3n) is 1.81. The fourth-order valence-corrected chi connectivity index (χ4v) is 2.56. The molecule has 1 amide bonds. The normalized spacial score (nSPS) is 10.1. The summed E-state index contributed by atoms with van der Waals surface area (Å²) < 4.78 is 1.55. The van der Waals surface area contributed by atoms with Crippen LogP contribution in [0.25, 0.3) is 0 Å². The molecule has 0 bridgehead atoms. The van der Waals surface area contributed by atoms with Crippen molar-refractivity contribution in [1.29, 1.82) is 0 Å². The molecule has 5 heteroatoms. The third-order valence-corrected chi connectivity index (χ3v) is 3.06. The summed E-state index contributed by atoms with van der Waals surface area (Å²) in [6, 6.07) is 3.51. The van der Waals surface area contributed by atoms with Crippen molar-refractivity contribution < 1.29 is 4.79 Å². The van der Waals surface area contributed by atoms with E-state index in [1.807, 2.05) is 6.92 Å². The van der Waals surface area contributed by atoms with Crippen LogP contribution in [0.15, 0.2) is 21.1 Å². The second-order valence-corrected chi connectivity index (χ2v) is 4.87. The summed E-state index contributed by atoms with van der Waals surface area (Å²) in [6.07, 6.45) is 1.35. The summed E-state index contributed by atoms with van der Waals surface area (Å²) in [5.41, 5.74) is 7.01. The SMILES string of the molecule is CCCC(=O)Nc1c(Br)cc(N)cc1Br. The van der Waals surface area contributed by atoms with Gasteiger partial charge in [-0.3, -0.25) is 4.79 Å².